The lowest BCUT2D eigenvalue weighted by atomic mass is 9.99. The van der Waals surface area contributed by atoms with Crippen LogP contribution in [0, 0.1) is 6.92 Å². The number of hydrogen-bond donors (Lipinski definition) is 2. The largest absolute Gasteiger partial charge is 0.480 e. The van der Waals surface area contributed by atoms with Crippen LogP contribution in [0.25, 0.3) is 10.8 Å². The van der Waals surface area contributed by atoms with Gasteiger partial charge in [0, 0.05) is 37.1 Å². The van der Waals surface area contributed by atoms with E-state index >= 15 is 0 Å². The maximum absolute atomic E-state index is 12.4. The minimum absolute atomic E-state index is 0.108. The number of benzene rings is 1. The van der Waals surface area contributed by atoms with Gasteiger partial charge in [-0.1, -0.05) is 12.1 Å². The zero-order chi connectivity index (χ0) is 26.1. The van der Waals surface area contributed by atoms with Gasteiger partial charge < -0.3 is 20.1 Å². The standard InChI is InChI=1S/C28H28N4O5/c1-16-13-19-10-11-29-15-21(19)27(30-16)37-20-8-6-18(7-9-20)14-22(28(35)36)31-23-24(26(34)25(23)33)32-12-4-3-5-17(32)2/h6-11,13,15,17,22,31H,3-5,12,14H2,1-2H3,(H,35,36). The van der Waals surface area contributed by atoms with Gasteiger partial charge in [0.25, 0.3) is 10.9 Å². The summed E-state index contributed by atoms with van der Waals surface area (Å²) in [4.78, 5) is 47.3. The summed E-state index contributed by atoms with van der Waals surface area (Å²) < 4.78 is 6.01. The first-order valence-corrected chi connectivity index (χ1v) is 12.4. The Balaban J connectivity index is 1.32. The third-order valence-corrected chi connectivity index (χ3v) is 6.90. The number of fused-ring (bicyclic) bond motifs is 1. The lowest BCUT2D eigenvalue weighted by Gasteiger charge is -2.37. The SMILES string of the molecule is Cc1cc2ccncc2c(Oc2ccc(CC(Nc3c(N4CCCCC4C)c(=O)c3=O)C(=O)O)cc2)n1. The van der Waals surface area contributed by atoms with Crippen molar-refractivity contribution in [2.45, 2.75) is 51.6 Å². The molecule has 190 valence electrons. The van der Waals surface area contributed by atoms with Gasteiger partial charge in [0.1, 0.15) is 23.2 Å². The molecule has 2 unspecified atom stereocenters. The quantitative estimate of drug-likeness (QED) is 0.348. The lowest BCUT2D eigenvalue weighted by molar-refractivity contribution is -0.137. The summed E-state index contributed by atoms with van der Waals surface area (Å²) in [5, 5.41) is 14.5. The third-order valence-electron chi connectivity index (χ3n) is 6.90. The summed E-state index contributed by atoms with van der Waals surface area (Å²) in [7, 11) is 0. The Labute approximate surface area is 213 Å². The number of piperidine rings is 1. The number of carbonyl (C=O) groups is 1. The number of nitrogens with zero attached hydrogens (tertiary/aromatic N) is 3. The fourth-order valence-corrected chi connectivity index (χ4v) is 4.90. The predicted octanol–water partition coefficient (Wildman–Crippen LogP) is 3.81. The van der Waals surface area contributed by atoms with Crippen LogP contribution < -0.4 is 25.8 Å². The van der Waals surface area contributed by atoms with E-state index in [9.17, 15) is 19.5 Å². The Morgan fingerprint density at radius 1 is 1.19 bits per heavy atom. The predicted molar refractivity (Wildman–Crippen MR) is 142 cm³/mol. The van der Waals surface area contributed by atoms with Crippen LogP contribution in [0.2, 0.25) is 0 Å². The third kappa shape index (κ3) is 4.89. The molecule has 2 N–H and O–H groups in total. The Hall–Kier alpha value is -4.27. The highest BCUT2D eigenvalue weighted by atomic mass is 16.5. The molecule has 2 aromatic heterocycles. The molecule has 1 aliphatic rings. The van der Waals surface area contributed by atoms with Gasteiger partial charge in [-0.05, 0) is 68.3 Å². The van der Waals surface area contributed by atoms with Crippen LogP contribution in [0.15, 0.2) is 58.4 Å². The molecule has 9 heteroatoms. The summed E-state index contributed by atoms with van der Waals surface area (Å²) >= 11 is 0. The average molecular weight is 501 g/mol. The van der Waals surface area contributed by atoms with Crippen molar-refractivity contribution in [2.75, 3.05) is 16.8 Å². The Morgan fingerprint density at radius 2 is 1.97 bits per heavy atom. The maximum atomic E-state index is 12.4. The van der Waals surface area contributed by atoms with Gasteiger partial charge >= 0.3 is 5.97 Å². The molecule has 3 heterocycles. The van der Waals surface area contributed by atoms with E-state index in [-0.39, 0.29) is 18.2 Å². The number of carboxylic acids is 1. The van der Waals surface area contributed by atoms with Crippen molar-refractivity contribution in [2.24, 2.45) is 0 Å². The summed E-state index contributed by atoms with van der Waals surface area (Å²) in [6.45, 7) is 4.59. The second kappa shape index (κ2) is 10.0. The van der Waals surface area contributed by atoms with Crippen LogP contribution in [0.3, 0.4) is 0 Å². The summed E-state index contributed by atoms with van der Waals surface area (Å²) in [6.07, 6.45) is 6.48. The van der Waals surface area contributed by atoms with Gasteiger partial charge in [0.15, 0.2) is 0 Å². The molecule has 0 amide bonds. The number of anilines is 2. The van der Waals surface area contributed by atoms with Crippen molar-refractivity contribution < 1.29 is 14.6 Å². The number of aliphatic carboxylic acids is 1. The number of pyridine rings is 2. The highest BCUT2D eigenvalue weighted by molar-refractivity contribution is 5.86. The van der Waals surface area contributed by atoms with E-state index in [1.54, 1.807) is 36.7 Å². The first-order chi connectivity index (χ1) is 17.8. The monoisotopic (exact) mass is 500 g/mol. The minimum atomic E-state index is -1.10. The average Bonchev–Trinajstić information content (AvgIpc) is 2.89. The van der Waals surface area contributed by atoms with E-state index in [0.29, 0.717) is 23.9 Å². The molecule has 1 saturated heterocycles. The van der Waals surface area contributed by atoms with E-state index in [2.05, 4.69) is 15.3 Å². The van der Waals surface area contributed by atoms with E-state index in [0.717, 1.165) is 41.3 Å². The van der Waals surface area contributed by atoms with Gasteiger partial charge in [0.2, 0.25) is 5.88 Å². The maximum Gasteiger partial charge on any atom is 0.326 e. The van der Waals surface area contributed by atoms with Crippen molar-refractivity contribution in [3.8, 4) is 11.6 Å². The number of aryl methyl sites for hydroxylation is 1. The second-order valence-electron chi connectivity index (χ2n) is 9.57. The fourth-order valence-electron chi connectivity index (χ4n) is 4.90. The molecule has 1 aliphatic heterocycles. The highest BCUT2D eigenvalue weighted by Gasteiger charge is 2.32. The van der Waals surface area contributed by atoms with Crippen LogP contribution in [0.1, 0.15) is 37.4 Å². The summed E-state index contributed by atoms with van der Waals surface area (Å²) in [5.74, 6) is -0.106. The summed E-state index contributed by atoms with van der Waals surface area (Å²) in [5.41, 5.74) is 0.779. The molecule has 0 spiro atoms. The van der Waals surface area contributed by atoms with Crippen molar-refractivity contribution in [1.29, 1.82) is 0 Å². The van der Waals surface area contributed by atoms with Crippen LogP contribution in [0.5, 0.6) is 11.6 Å². The van der Waals surface area contributed by atoms with E-state index in [1.165, 1.54) is 0 Å². The molecule has 0 radical (unpaired) electrons. The van der Waals surface area contributed by atoms with Crippen LogP contribution in [-0.2, 0) is 11.2 Å². The van der Waals surface area contributed by atoms with E-state index in [4.69, 9.17) is 4.74 Å². The number of nitrogens with one attached hydrogen (secondary N) is 1. The molecule has 9 nitrogen and oxygen atoms in total. The molecule has 2 aromatic carbocycles. The molecule has 2 atom stereocenters. The zero-order valence-corrected chi connectivity index (χ0v) is 20.7. The lowest BCUT2D eigenvalue weighted by Crippen LogP contribution is -2.49. The van der Waals surface area contributed by atoms with Gasteiger partial charge in [-0.15, -0.1) is 0 Å². The Kier molecular flexibility index (Phi) is 6.60. The van der Waals surface area contributed by atoms with Crippen molar-refractivity contribution in [3.63, 3.8) is 0 Å². The van der Waals surface area contributed by atoms with Crippen molar-refractivity contribution in [3.05, 3.63) is 80.5 Å². The zero-order valence-electron chi connectivity index (χ0n) is 20.7. The highest BCUT2D eigenvalue weighted by Crippen LogP contribution is 2.30. The molecule has 0 bridgehead atoms. The molecule has 5 rings (SSSR count). The van der Waals surface area contributed by atoms with Crippen LogP contribution in [0.4, 0.5) is 11.4 Å². The number of carboxylic acid groups (broad SMARTS) is 1. The smallest absolute Gasteiger partial charge is 0.326 e. The molecule has 4 aromatic rings. The number of aromatic nitrogens is 2. The van der Waals surface area contributed by atoms with E-state index < -0.39 is 22.9 Å². The number of ether oxygens (including phenoxy) is 1. The van der Waals surface area contributed by atoms with E-state index in [1.807, 2.05) is 30.9 Å². The van der Waals surface area contributed by atoms with Gasteiger partial charge in [0.05, 0.1) is 5.39 Å². The van der Waals surface area contributed by atoms with Gasteiger partial charge in [-0.2, -0.15) is 0 Å². The molecule has 0 aliphatic carbocycles. The molecule has 37 heavy (non-hydrogen) atoms. The Bertz CT molecular complexity index is 1520. The van der Waals surface area contributed by atoms with Crippen LogP contribution in [-0.4, -0.2) is 39.7 Å². The van der Waals surface area contributed by atoms with Gasteiger partial charge in [-0.3, -0.25) is 14.6 Å². The molecule has 1 fully saturated rings. The minimum Gasteiger partial charge on any atom is -0.480 e. The van der Waals surface area contributed by atoms with Gasteiger partial charge in [-0.25, -0.2) is 9.78 Å². The Morgan fingerprint density at radius 3 is 2.70 bits per heavy atom. The topological polar surface area (TPSA) is 122 Å². The molecule has 0 saturated carbocycles. The fraction of sp³-hybridized carbons (Fsp3) is 0.321. The number of rotatable bonds is 8. The first kappa shape index (κ1) is 24.4. The normalized spacial score (nSPS) is 16.6. The molecular weight excluding hydrogens is 472 g/mol. The van der Waals surface area contributed by atoms with Crippen LogP contribution >= 0.6 is 0 Å². The number of hydrogen-bond acceptors (Lipinski definition) is 8. The molecular formula is C28H28N4O5. The van der Waals surface area contributed by atoms with Crippen molar-refractivity contribution in [1.82, 2.24) is 9.97 Å². The first-order valence-electron chi connectivity index (χ1n) is 12.4. The second-order valence-corrected chi connectivity index (χ2v) is 9.57. The summed E-state index contributed by atoms with van der Waals surface area (Å²) in [6, 6.07) is 9.96. The van der Waals surface area contributed by atoms with Crippen molar-refractivity contribution >= 4 is 28.1 Å².